The zero-order chi connectivity index (χ0) is 13.9. The molecule has 0 amide bonds. The Morgan fingerprint density at radius 1 is 1.33 bits per heavy atom. The monoisotopic (exact) mass is 262 g/mol. The number of rotatable bonds is 4. The highest BCUT2D eigenvalue weighted by atomic mass is 19.4. The highest BCUT2D eigenvalue weighted by Crippen LogP contribution is 2.25. The lowest BCUT2D eigenvalue weighted by Crippen LogP contribution is -2.19. The first-order chi connectivity index (χ1) is 8.19. The summed E-state index contributed by atoms with van der Waals surface area (Å²) in [5, 5.41) is 8.87. The molecule has 0 heterocycles. The van der Waals surface area contributed by atoms with E-state index in [-0.39, 0.29) is 17.2 Å². The Balaban J connectivity index is 3.00. The van der Waals surface area contributed by atoms with Gasteiger partial charge in [0.25, 0.3) is 0 Å². The van der Waals surface area contributed by atoms with Crippen molar-refractivity contribution in [3.63, 3.8) is 0 Å². The van der Waals surface area contributed by atoms with E-state index in [2.05, 4.69) is 4.74 Å². The lowest BCUT2D eigenvalue weighted by atomic mass is 10.0. The molecule has 1 rings (SSSR count). The first kappa shape index (κ1) is 14.3. The molecule has 1 aromatic rings. The molecule has 0 aliphatic rings. The first-order valence-electron chi connectivity index (χ1n) is 5.27. The summed E-state index contributed by atoms with van der Waals surface area (Å²) in [5.74, 6) is -1.29. The molecule has 3 nitrogen and oxygen atoms in total. The molecule has 1 N–H and O–H groups in total. The Morgan fingerprint density at radius 2 is 1.94 bits per heavy atom. The summed E-state index contributed by atoms with van der Waals surface area (Å²) in [6, 6.07) is 3.93. The molecule has 0 radical (unpaired) electrons. The molecule has 0 bridgehead atoms. The summed E-state index contributed by atoms with van der Waals surface area (Å²) in [6.45, 7) is 2.19. The number of aromatic carboxylic acids is 1. The van der Waals surface area contributed by atoms with Gasteiger partial charge in [-0.1, -0.05) is 13.8 Å². The van der Waals surface area contributed by atoms with Crippen LogP contribution in [-0.4, -0.2) is 23.9 Å². The van der Waals surface area contributed by atoms with Crippen LogP contribution in [0.1, 0.15) is 35.7 Å². The van der Waals surface area contributed by atoms with E-state index < -0.39 is 18.8 Å². The number of benzene rings is 1. The van der Waals surface area contributed by atoms with E-state index in [0.717, 1.165) is 6.07 Å². The van der Waals surface area contributed by atoms with Crippen molar-refractivity contribution < 1.29 is 27.8 Å². The second-order valence-corrected chi connectivity index (χ2v) is 4.15. The van der Waals surface area contributed by atoms with Gasteiger partial charge >= 0.3 is 12.1 Å². The van der Waals surface area contributed by atoms with Crippen LogP contribution in [0.3, 0.4) is 0 Å². The predicted octanol–water partition coefficient (Wildman–Crippen LogP) is 3.45. The van der Waals surface area contributed by atoms with Gasteiger partial charge in [0.1, 0.15) is 5.75 Å². The molecular weight excluding hydrogens is 249 g/mol. The largest absolute Gasteiger partial charge is 0.484 e. The first-order valence-corrected chi connectivity index (χ1v) is 5.27. The maximum absolute atomic E-state index is 12.0. The standard InChI is InChI=1S/C12H13F3O3/c1-7(2)8-3-9(11(16)17)5-10(4-8)18-6-12(13,14)15/h3-5,7H,6H2,1-2H3,(H,16,17). The highest BCUT2D eigenvalue weighted by Gasteiger charge is 2.28. The minimum Gasteiger partial charge on any atom is -0.484 e. The third kappa shape index (κ3) is 4.27. The molecule has 0 aromatic heterocycles. The Morgan fingerprint density at radius 3 is 2.39 bits per heavy atom. The van der Waals surface area contributed by atoms with E-state index in [1.165, 1.54) is 12.1 Å². The number of carboxylic acid groups (broad SMARTS) is 1. The van der Waals surface area contributed by atoms with Crippen molar-refractivity contribution >= 4 is 5.97 Å². The van der Waals surface area contributed by atoms with Crippen molar-refractivity contribution in [1.29, 1.82) is 0 Å². The number of ether oxygens (including phenoxy) is 1. The van der Waals surface area contributed by atoms with Crippen LogP contribution in [0.15, 0.2) is 18.2 Å². The van der Waals surface area contributed by atoms with E-state index in [1.54, 1.807) is 0 Å². The predicted molar refractivity (Wildman–Crippen MR) is 59.0 cm³/mol. The molecule has 0 aliphatic heterocycles. The molecular formula is C12H13F3O3. The van der Waals surface area contributed by atoms with Gasteiger partial charge in [-0.25, -0.2) is 4.79 Å². The van der Waals surface area contributed by atoms with Gasteiger partial charge < -0.3 is 9.84 Å². The number of carbonyl (C=O) groups is 1. The van der Waals surface area contributed by atoms with E-state index in [4.69, 9.17) is 5.11 Å². The van der Waals surface area contributed by atoms with E-state index >= 15 is 0 Å². The van der Waals surface area contributed by atoms with Gasteiger partial charge in [0.15, 0.2) is 6.61 Å². The SMILES string of the molecule is CC(C)c1cc(OCC(F)(F)F)cc(C(=O)O)c1. The molecule has 0 saturated heterocycles. The lowest BCUT2D eigenvalue weighted by molar-refractivity contribution is -0.153. The van der Waals surface area contributed by atoms with Crippen molar-refractivity contribution in [3.8, 4) is 5.75 Å². The fourth-order valence-corrected chi connectivity index (χ4v) is 1.33. The molecule has 100 valence electrons. The second-order valence-electron chi connectivity index (χ2n) is 4.15. The highest BCUT2D eigenvalue weighted by molar-refractivity contribution is 5.88. The van der Waals surface area contributed by atoms with Crippen molar-refractivity contribution in [2.24, 2.45) is 0 Å². The van der Waals surface area contributed by atoms with Crippen LogP contribution in [0.4, 0.5) is 13.2 Å². The van der Waals surface area contributed by atoms with Crippen LogP contribution in [0, 0.1) is 0 Å². The second kappa shape index (κ2) is 5.29. The summed E-state index contributed by atoms with van der Waals surface area (Å²) in [5.41, 5.74) is 0.533. The molecule has 0 aliphatic carbocycles. The molecule has 0 unspecified atom stereocenters. The minimum atomic E-state index is -4.45. The van der Waals surface area contributed by atoms with Crippen LogP contribution in [0.25, 0.3) is 0 Å². The molecule has 6 heteroatoms. The van der Waals surface area contributed by atoms with Crippen molar-refractivity contribution in [3.05, 3.63) is 29.3 Å². The van der Waals surface area contributed by atoms with Crippen LogP contribution in [0.2, 0.25) is 0 Å². The molecule has 0 saturated carbocycles. The lowest BCUT2D eigenvalue weighted by Gasteiger charge is -2.13. The number of carboxylic acids is 1. The van der Waals surface area contributed by atoms with Gasteiger partial charge in [-0.3, -0.25) is 0 Å². The number of hydrogen-bond acceptors (Lipinski definition) is 2. The Kier molecular flexibility index (Phi) is 4.21. The van der Waals surface area contributed by atoms with E-state index in [1.807, 2.05) is 13.8 Å². The Labute approximate surface area is 102 Å². The zero-order valence-corrected chi connectivity index (χ0v) is 9.91. The normalized spacial score (nSPS) is 11.7. The summed E-state index contributed by atoms with van der Waals surface area (Å²) >= 11 is 0. The fraction of sp³-hybridized carbons (Fsp3) is 0.417. The van der Waals surface area contributed by atoms with Gasteiger partial charge in [-0.2, -0.15) is 13.2 Å². The molecule has 0 fully saturated rings. The zero-order valence-electron chi connectivity index (χ0n) is 9.91. The Bertz CT molecular complexity index is 439. The Hall–Kier alpha value is -1.72. The summed E-state index contributed by atoms with van der Waals surface area (Å²) in [4.78, 5) is 10.9. The number of alkyl halides is 3. The van der Waals surface area contributed by atoms with Gasteiger partial charge in [0.05, 0.1) is 5.56 Å². The third-order valence-electron chi connectivity index (χ3n) is 2.24. The molecule has 1 aromatic carbocycles. The van der Waals surface area contributed by atoms with Crippen LogP contribution < -0.4 is 4.74 Å². The molecule has 0 spiro atoms. The number of halogens is 3. The van der Waals surface area contributed by atoms with E-state index in [0.29, 0.717) is 5.56 Å². The minimum absolute atomic E-state index is 0.00228. The summed E-state index contributed by atoms with van der Waals surface area (Å²) in [7, 11) is 0. The van der Waals surface area contributed by atoms with Crippen molar-refractivity contribution in [1.82, 2.24) is 0 Å². The van der Waals surface area contributed by atoms with Gasteiger partial charge in [0.2, 0.25) is 0 Å². The average Bonchev–Trinajstić information content (AvgIpc) is 2.25. The number of hydrogen-bond donors (Lipinski definition) is 1. The van der Waals surface area contributed by atoms with Crippen molar-refractivity contribution in [2.45, 2.75) is 25.9 Å². The fourth-order valence-electron chi connectivity index (χ4n) is 1.33. The van der Waals surface area contributed by atoms with Gasteiger partial charge in [-0.15, -0.1) is 0 Å². The smallest absolute Gasteiger partial charge is 0.422 e. The maximum Gasteiger partial charge on any atom is 0.422 e. The quantitative estimate of drug-likeness (QED) is 0.904. The summed E-state index contributed by atoms with van der Waals surface area (Å²) in [6.07, 6.45) is -4.45. The average molecular weight is 262 g/mol. The van der Waals surface area contributed by atoms with E-state index in [9.17, 15) is 18.0 Å². The third-order valence-corrected chi connectivity index (χ3v) is 2.24. The molecule has 18 heavy (non-hydrogen) atoms. The topological polar surface area (TPSA) is 46.5 Å². The van der Waals surface area contributed by atoms with Crippen LogP contribution >= 0.6 is 0 Å². The maximum atomic E-state index is 12.0. The molecule has 0 atom stereocenters. The van der Waals surface area contributed by atoms with Crippen LogP contribution in [0.5, 0.6) is 5.75 Å². The summed E-state index contributed by atoms with van der Waals surface area (Å²) < 4.78 is 40.6. The van der Waals surface area contributed by atoms with Gasteiger partial charge in [-0.05, 0) is 29.7 Å². The van der Waals surface area contributed by atoms with Crippen LogP contribution in [-0.2, 0) is 0 Å². The van der Waals surface area contributed by atoms with Gasteiger partial charge in [0, 0.05) is 0 Å². The van der Waals surface area contributed by atoms with Crippen molar-refractivity contribution in [2.75, 3.05) is 6.61 Å².